The molecule has 0 saturated carbocycles. The first-order valence-electron chi connectivity index (χ1n) is 6.99. The molecule has 0 spiro atoms. The van der Waals surface area contributed by atoms with Crippen molar-refractivity contribution >= 4 is 11.7 Å². The van der Waals surface area contributed by atoms with Gasteiger partial charge in [-0.3, -0.25) is 4.79 Å². The molecule has 23 heavy (non-hydrogen) atoms. The number of hydrogen-bond acceptors (Lipinski definition) is 4. The maximum Gasteiger partial charge on any atom is 0.288 e. The van der Waals surface area contributed by atoms with E-state index >= 15 is 0 Å². The minimum Gasteiger partial charge on any atom is -0.856 e. The highest BCUT2D eigenvalue weighted by atomic mass is 16.3. The molecule has 0 radical (unpaired) electrons. The largest absolute Gasteiger partial charge is 0.856 e. The summed E-state index contributed by atoms with van der Waals surface area (Å²) in [6.07, 6.45) is 3.01. The second-order valence-electron chi connectivity index (χ2n) is 4.98. The lowest BCUT2D eigenvalue weighted by Crippen LogP contribution is -2.32. The van der Waals surface area contributed by atoms with Gasteiger partial charge < -0.3 is 5.11 Å². The van der Waals surface area contributed by atoms with Gasteiger partial charge in [-0.15, -0.1) is 14.5 Å². The molecule has 0 aliphatic rings. The van der Waals surface area contributed by atoms with Gasteiger partial charge in [-0.2, -0.15) is 0 Å². The third-order valence-electron chi connectivity index (χ3n) is 3.27. The number of hydrogen-bond donors (Lipinski definition) is 0. The Kier molecular flexibility index (Phi) is 3.97. The van der Waals surface area contributed by atoms with E-state index in [2.05, 4.69) is 10.2 Å². The van der Waals surface area contributed by atoms with Crippen molar-refractivity contribution in [2.24, 2.45) is 12.1 Å². The van der Waals surface area contributed by atoms with E-state index in [0.29, 0.717) is 16.7 Å². The Bertz CT molecular complexity index is 852. The molecule has 0 aliphatic heterocycles. The molecule has 0 bridgehead atoms. The van der Waals surface area contributed by atoms with Gasteiger partial charge in [0.25, 0.3) is 6.33 Å². The fourth-order valence-electron chi connectivity index (χ4n) is 2.10. The Labute approximate surface area is 132 Å². The van der Waals surface area contributed by atoms with Crippen LogP contribution in [0.25, 0.3) is 0 Å². The van der Waals surface area contributed by atoms with Crippen LogP contribution >= 0.6 is 0 Å². The minimum absolute atomic E-state index is 0.0804. The van der Waals surface area contributed by atoms with Crippen LogP contribution in [0.2, 0.25) is 0 Å². The molecule has 6 heteroatoms. The maximum atomic E-state index is 12.3. The summed E-state index contributed by atoms with van der Waals surface area (Å²) < 4.78 is 2.88. The maximum absolute atomic E-state index is 12.3. The molecule has 2 aromatic carbocycles. The molecule has 1 aromatic heterocycles. The van der Waals surface area contributed by atoms with Crippen molar-refractivity contribution < 1.29 is 14.6 Å². The van der Waals surface area contributed by atoms with Gasteiger partial charge in [-0.05, 0) is 5.56 Å². The summed E-state index contributed by atoms with van der Waals surface area (Å²) in [5.41, 5.74) is 1.55. The number of ketones is 1. The fourth-order valence-corrected chi connectivity index (χ4v) is 2.10. The summed E-state index contributed by atoms with van der Waals surface area (Å²) >= 11 is 0. The van der Waals surface area contributed by atoms with Gasteiger partial charge in [0.1, 0.15) is 0 Å². The first kappa shape index (κ1) is 14.6. The van der Waals surface area contributed by atoms with Gasteiger partial charge in [0.15, 0.2) is 5.78 Å². The smallest absolute Gasteiger partial charge is 0.288 e. The van der Waals surface area contributed by atoms with E-state index in [1.54, 1.807) is 54.5 Å². The molecule has 0 unspecified atom stereocenters. The van der Waals surface area contributed by atoms with Crippen LogP contribution < -0.4 is 9.78 Å². The molecule has 0 atom stereocenters. The minimum atomic E-state index is -0.401. The number of benzene rings is 2. The number of rotatable bonds is 4. The second kappa shape index (κ2) is 6.23. The van der Waals surface area contributed by atoms with Gasteiger partial charge in [0, 0.05) is 22.1 Å². The van der Waals surface area contributed by atoms with Gasteiger partial charge >= 0.3 is 0 Å². The standard InChI is InChI=1S/C17H14N4O2/c1-20-12-21(11-18-20)19-17(23)15-9-7-14(8-10-15)16(22)13-5-3-2-4-6-13/h2-12H,1H3. The Morgan fingerprint density at radius 1 is 1.04 bits per heavy atom. The molecule has 0 N–H and O–H groups in total. The van der Waals surface area contributed by atoms with Crippen molar-refractivity contribution in [2.75, 3.05) is 0 Å². The van der Waals surface area contributed by atoms with Gasteiger partial charge in [0.2, 0.25) is 6.33 Å². The highest BCUT2D eigenvalue weighted by Crippen LogP contribution is 2.11. The molecule has 3 rings (SSSR count). The summed E-state index contributed by atoms with van der Waals surface area (Å²) in [6, 6.07) is 15.5. The highest BCUT2D eigenvalue weighted by molar-refractivity contribution is 6.09. The van der Waals surface area contributed by atoms with E-state index in [1.807, 2.05) is 18.2 Å². The van der Waals surface area contributed by atoms with Crippen LogP contribution in [0.5, 0.6) is 0 Å². The van der Waals surface area contributed by atoms with Crippen LogP contribution in [0, 0.1) is 0 Å². The summed E-state index contributed by atoms with van der Waals surface area (Å²) in [6.45, 7) is 0. The lowest BCUT2D eigenvalue weighted by atomic mass is 10.0. The van der Waals surface area contributed by atoms with Gasteiger partial charge in [0.05, 0.1) is 7.05 Å². The Hall–Kier alpha value is -3.28. The normalized spacial score (nSPS) is 11.4. The molecule has 3 aromatic rings. The summed E-state index contributed by atoms with van der Waals surface area (Å²) in [5.74, 6) is -0.482. The molecule has 0 amide bonds. The molecule has 1 heterocycles. The van der Waals surface area contributed by atoms with Crippen molar-refractivity contribution in [3.05, 3.63) is 83.9 Å². The molecular weight excluding hydrogens is 292 g/mol. The quantitative estimate of drug-likeness (QED) is 0.305. The Morgan fingerprint density at radius 2 is 1.65 bits per heavy atom. The predicted octanol–water partition coefficient (Wildman–Crippen LogP) is 0.509. The Morgan fingerprint density at radius 3 is 2.26 bits per heavy atom. The fraction of sp³-hybridized carbons (Fsp3) is 0.0588. The van der Waals surface area contributed by atoms with Crippen LogP contribution in [-0.4, -0.2) is 21.5 Å². The van der Waals surface area contributed by atoms with Gasteiger partial charge in [-0.1, -0.05) is 54.6 Å². The zero-order valence-corrected chi connectivity index (χ0v) is 12.5. The number of carbonyl (C=O) groups excluding carboxylic acids is 1. The third kappa shape index (κ3) is 3.32. The Balaban J connectivity index is 1.82. The molecular formula is C17H14N4O2. The number of nitrogens with zero attached hydrogens (tertiary/aromatic N) is 4. The molecule has 0 aliphatic carbocycles. The highest BCUT2D eigenvalue weighted by Gasteiger charge is 2.08. The molecule has 6 nitrogen and oxygen atoms in total. The van der Waals surface area contributed by atoms with Gasteiger partial charge in [-0.25, -0.2) is 0 Å². The number of aromatic nitrogens is 3. The first-order valence-corrected chi connectivity index (χ1v) is 6.99. The zero-order chi connectivity index (χ0) is 16.2. The van der Waals surface area contributed by atoms with E-state index in [1.165, 1.54) is 11.0 Å². The van der Waals surface area contributed by atoms with Crippen molar-refractivity contribution in [3.63, 3.8) is 0 Å². The third-order valence-corrected chi connectivity index (χ3v) is 3.27. The van der Waals surface area contributed by atoms with Crippen LogP contribution in [0.4, 0.5) is 0 Å². The number of carbonyl (C=O) groups is 1. The van der Waals surface area contributed by atoms with Crippen molar-refractivity contribution in [1.82, 2.24) is 9.78 Å². The van der Waals surface area contributed by atoms with Crippen LogP contribution in [0.3, 0.4) is 0 Å². The topological polar surface area (TPSA) is 74.2 Å². The van der Waals surface area contributed by atoms with E-state index in [0.717, 1.165) is 0 Å². The van der Waals surface area contributed by atoms with Crippen LogP contribution in [0.15, 0.2) is 72.4 Å². The van der Waals surface area contributed by atoms with Crippen molar-refractivity contribution in [3.8, 4) is 0 Å². The van der Waals surface area contributed by atoms with Crippen LogP contribution in [0.1, 0.15) is 21.5 Å². The average molecular weight is 306 g/mol. The van der Waals surface area contributed by atoms with E-state index in [4.69, 9.17) is 0 Å². The average Bonchev–Trinajstić information content (AvgIpc) is 3.00. The number of aryl methyl sites for hydroxylation is 1. The molecule has 0 saturated heterocycles. The summed E-state index contributed by atoms with van der Waals surface area (Å²) in [4.78, 5) is 12.3. The van der Waals surface area contributed by atoms with Crippen LogP contribution in [-0.2, 0) is 7.05 Å². The first-order chi connectivity index (χ1) is 11.1. The van der Waals surface area contributed by atoms with Crippen molar-refractivity contribution in [1.29, 1.82) is 0 Å². The molecule has 114 valence electrons. The SMILES string of the molecule is Cn1c[n+](/N=C(\[O-])c2ccc(C(=O)c3ccccc3)cc2)cn1. The lowest BCUT2D eigenvalue weighted by molar-refractivity contribution is -0.682. The predicted molar refractivity (Wildman–Crippen MR) is 81.7 cm³/mol. The monoisotopic (exact) mass is 306 g/mol. The lowest BCUT2D eigenvalue weighted by Gasteiger charge is -2.09. The summed E-state index contributed by atoms with van der Waals surface area (Å²) in [7, 11) is 1.74. The zero-order valence-electron chi connectivity index (χ0n) is 12.5. The van der Waals surface area contributed by atoms with E-state index in [9.17, 15) is 9.90 Å². The molecule has 0 fully saturated rings. The summed E-state index contributed by atoms with van der Waals surface area (Å²) in [5, 5.41) is 19.9. The second-order valence-corrected chi connectivity index (χ2v) is 4.98. The van der Waals surface area contributed by atoms with Crippen molar-refractivity contribution in [2.45, 2.75) is 0 Å². The van der Waals surface area contributed by atoms with E-state index < -0.39 is 5.90 Å². The van der Waals surface area contributed by atoms with E-state index in [-0.39, 0.29) is 5.78 Å².